The van der Waals surface area contributed by atoms with Crippen LogP contribution in [0.3, 0.4) is 0 Å². The van der Waals surface area contributed by atoms with Gasteiger partial charge in [0.05, 0.1) is 0 Å². The van der Waals surface area contributed by atoms with Gasteiger partial charge >= 0.3 is 0 Å². The summed E-state index contributed by atoms with van der Waals surface area (Å²) < 4.78 is 6.62. The highest BCUT2D eigenvalue weighted by molar-refractivity contribution is 9.10. The van der Waals surface area contributed by atoms with Crippen molar-refractivity contribution in [2.45, 2.75) is 0 Å². The summed E-state index contributed by atoms with van der Waals surface area (Å²) in [6.07, 6.45) is 0. The topological polar surface area (TPSA) is 0 Å². The SMILES string of the molecule is Brc1ccc2sc3ccc4sc5ccccc5c4c3c2c1. The van der Waals surface area contributed by atoms with Gasteiger partial charge in [-0.25, -0.2) is 0 Å². The van der Waals surface area contributed by atoms with E-state index >= 15 is 0 Å². The van der Waals surface area contributed by atoms with Crippen LogP contribution in [0, 0.1) is 0 Å². The molecule has 0 aliphatic rings. The minimum Gasteiger partial charge on any atom is -0.135 e. The van der Waals surface area contributed by atoms with Crippen LogP contribution in [0.25, 0.3) is 40.3 Å². The molecule has 100 valence electrons. The predicted octanol–water partition coefficient (Wildman–Crippen LogP) is 7.18. The van der Waals surface area contributed by atoms with Crippen molar-refractivity contribution >= 4 is 78.9 Å². The van der Waals surface area contributed by atoms with Gasteiger partial charge in [0.1, 0.15) is 0 Å². The number of hydrogen-bond acceptors (Lipinski definition) is 2. The van der Waals surface area contributed by atoms with Crippen molar-refractivity contribution in [2.75, 3.05) is 0 Å². The van der Waals surface area contributed by atoms with Crippen LogP contribution < -0.4 is 0 Å². The second-order valence-corrected chi connectivity index (χ2v) is 8.24. The van der Waals surface area contributed by atoms with E-state index in [1.54, 1.807) is 0 Å². The Bertz CT molecular complexity index is 1150. The summed E-state index contributed by atoms with van der Waals surface area (Å²) in [5.41, 5.74) is 0. The molecule has 0 amide bonds. The van der Waals surface area contributed by atoms with Gasteiger partial charge in [0.2, 0.25) is 0 Å². The molecule has 2 aromatic heterocycles. The van der Waals surface area contributed by atoms with Gasteiger partial charge in [0, 0.05) is 44.8 Å². The molecule has 0 aliphatic heterocycles. The summed E-state index contributed by atoms with van der Waals surface area (Å²) >= 11 is 7.38. The fraction of sp³-hybridized carbons (Fsp3) is 0. The minimum atomic E-state index is 1.14. The van der Waals surface area contributed by atoms with Crippen LogP contribution in [0.1, 0.15) is 0 Å². The van der Waals surface area contributed by atoms with Gasteiger partial charge in [0.25, 0.3) is 0 Å². The van der Waals surface area contributed by atoms with Crippen molar-refractivity contribution in [2.24, 2.45) is 0 Å². The van der Waals surface area contributed by atoms with Crippen molar-refractivity contribution in [3.05, 3.63) is 59.1 Å². The molecule has 0 nitrogen and oxygen atoms in total. The molecule has 0 saturated heterocycles. The zero-order valence-electron chi connectivity index (χ0n) is 10.9. The highest BCUT2D eigenvalue weighted by Gasteiger charge is 2.13. The molecule has 0 N–H and O–H groups in total. The molecular weight excluding hydrogens is 360 g/mol. The van der Waals surface area contributed by atoms with E-state index in [1.165, 1.54) is 40.3 Å². The Morgan fingerprint density at radius 1 is 0.619 bits per heavy atom. The average Bonchev–Trinajstić information content (AvgIpc) is 3.04. The molecule has 2 heterocycles. The standard InChI is InChI=1S/C18H9BrS2/c19-10-5-6-14-12(9-10)18-16(21-14)8-7-15-17(18)11-3-1-2-4-13(11)20-15/h1-9H. The Balaban J connectivity index is 2.16. The highest BCUT2D eigenvalue weighted by Crippen LogP contribution is 2.44. The minimum absolute atomic E-state index is 1.14. The summed E-state index contributed by atoms with van der Waals surface area (Å²) in [6.45, 7) is 0. The van der Waals surface area contributed by atoms with Gasteiger partial charge in [-0.2, -0.15) is 0 Å². The quantitative estimate of drug-likeness (QED) is 0.271. The molecule has 5 aromatic rings. The largest absolute Gasteiger partial charge is 0.135 e. The Labute approximate surface area is 137 Å². The van der Waals surface area contributed by atoms with Crippen molar-refractivity contribution in [3.63, 3.8) is 0 Å². The lowest BCUT2D eigenvalue weighted by Gasteiger charge is -1.97. The molecular formula is C18H9BrS2. The van der Waals surface area contributed by atoms with Crippen LogP contribution in [0.5, 0.6) is 0 Å². The molecule has 3 aromatic carbocycles. The maximum absolute atomic E-state index is 3.61. The van der Waals surface area contributed by atoms with E-state index in [0.29, 0.717) is 0 Å². The average molecular weight is 369 g/mol. The van der Waals surface area contributed by atoms with E-state index in [-0.39, 0.29) is 0 Å². The van der Waals surface area contributed by atoms with E-state index in [4.69, 9.17) is 0 Å². The maximum atomic E-state index is 3.61. The fourth-order valence-electron chi connectivity index (χ4n) is 3.06. The van der Waals surface area contributed by atoms with Crippen molar-refractivity contribution < 1.29 is 0 Å². The van der Waals surface area contributed by atoms with Gasteiger partial charge < -0.3 is 0 Å². The van der Waals surface area contributed by atoms with E-state index in [9.17, 15) is 0 Å². The molecule has 0 radical (unpaired) electrons. The molecule has 0 fully saturated rings. The Morgan fingerprint density at radius 3 is 2.05 bits per heavy atom. The second kappa shape index (κ2) is 4.29. The van der Waals surface area contributed by atoms with Gasteiger partial charge in [0.15, 0.2) is 0 Å². The molecule has 0 atom stereocenters. The summed E-state index contributed by atoms with van der Waals surface area (Å²) in [6, 6.07) is 19.9. The van der Waals surface area contributed by atoms with Crippen molar-refractivity contribution in [1.82, 2.24) is 0 Å². The first kappa shape index (κ1) is 12.2. The summed E-state index contributed by atoms with van der Waals surface area (Å²) in [5, 5.41) is 5.56. The van der Waals surface area contributed by atoms with Gasteiger partial charge in [-0.1, -0.05) is 34.1 Å². The van der Waals surface area contributed by atoms with Gasteiger partial charge in [-0.3, -0.25) is 0 Å². The fourth-order valence-corrected chi connectivity index (χ4v) is 5.62. The van der Waals surface area contributed by atoms with E-state index in [1.807, 2.05) is 22.7 Å². The van der Waals surface area contributed by atoms with Crippen LogP contribution in [0.4, 0.5) is 0 Å². The van der Waals surface area contributed by atoms with Crippen LogP contribution in [0.15, 0.2) is 59.1 Å². The highest BCUT2D eigenvalue weighted by atomic mass is 79.9. The molecule has 0 unspecified atom stereocenters. The molecule has 0 spiro atoms. The van der Waals surface area contributed by atoms with Crippen LogP contribution in [-0.2, 0) is 0 Å². The van der Waals surface area contributed by atoms with Crippen LogP contribution in [0.2, 0.25) is 0 Å². The Morgan fingerprint density at radius 2 is 1.24 bits per heavy atom. The normalized spacial score (nSPS) is 12.0. The maximum Gasteiger partial charge on any atom is 0.0362 e. The third-order valence-electron chi connectivity index (χ3n) is 3.94. The third-order valence-corrected chi connectivity index (χ3v) is 6.70. The monoisotopic (exact) mass is 368 g/mol. The lowest BCUT2D eigenvalue weighted by atomic mass is 10.1. The first-order valence-corrected chi connectivity index (χ1v) is 9.16. The lowest BCUT2D eigenvalue weighted by molar-refractivity contribution is 1.78. The van der Waals surface area contributed by atoms with Crippen LogP contribution >= 0.6 is 38.6 Å². The number of benzene rings is 3. The zero-order chi connectivity index (χ0) is 14.0. The lowest BCUT2D eigenvalue weighted by Crippen LogP contribution is -1.71. The second-order valence-electron chi connectivity index (χ2n) is 5.15. The smallest absolute Gasteiger partial charge is 0.0362 e. The number of halogens is 1. The molecule has 3 heteroatoms. The Hall–Kier alpha value is -1.42. The van der Waals surface area contributed by atoms with E-state index in [0.717, 1.165) is 4.47 Å². The van der Waals surface area contributed by atoms with Gasteiger partial charge in [-0.05, 0) is 36.4 Å². The molecule has 0 saturated carbocycles. The number of fused-ring (bicyclic) bond motifs is 7. The third kappa shape index (κ3) is 1.65. The molecule has 0 bridgehead atoms. The first-order chi connectivity index (χ1) is 10.3. The number of thiophene rings is 2. The first-order valence-electron chi connectivity index (χ1n) is 6.73. The number of hydrogen-bond donors (Lipinski definition) is 0. The van der Waals surface area contributed by atoms with E-state index < -0.39 is 0 Å². The zero-order valence-corrected chi connectivity index (χ0v) is 14.1. The molecule has 5 rings (SSSR count). The van der Waals surface area contributed by atoms with Crippen molar-refractivity contribution in [1.29, 1.82) is 0 Å². The summed E-state index contributed by atoms with van der Waals surface area (Å²) in [5.74, 6) is 0. The van der Waals surface area contributed by atoms with Crippen LogP contribution in [-0.4, -0.2) is 0 Å². The van der Waals surface area contributed by atoms with Crippen molar-refractivity contribution in [3.8, 4) is 0 Å². The number of rotatable bonds is 0. The van der Waals surface area contributed by atoms with Gasteiger partial charge in [-0.15, -0.1) is 22.7 Å². The summed E-state index contributed by atoms with van der Waals surface area (Å²) in [7, 11) is 0. The van der Waals surface area contributed by atoms with E-state index in [2.05, 4.69) is 70.5 Å². The molecule has 21 heavy (non-hydrogen) atoms. The Kier molecular flexibility index (Phi) is 2.48. The predicted molar refractivity (Wildman–Crippen MR) is 99.9 cm³/mol. The summed E-state index contributed by atoms with van der Waals surface area (Å²) in [4.78, 5) is 0. The molecule has 0 aliphatic carbocycles.